The smallest absolute Gasteiger partial charge is 0.326 e. The van der Waals surface area contributed by atoms with Gasteiger partial charge in [0.2, 0.25) is 7.85 Å². The second kappa shape index (κ2) is 8.39. The van der Waals surface area contributed by atoms with Gasteiger partial charge in [0.25, 0.3) is 0 Å². The van der Waals surface area contributed by atoms with Gasteiger partial charge in [-0.3, -0.25) is 4.79 Å². The predicted octanol–water partition coefficient (Wildman–Crippen LogP) is 1.59. The molecule has 0 saturated carbocycles. The van der Waals surface area contributed by atoms with Gasteiger partial charge in [0.15, 0.2) is 5.81 Å². The fraction of sp³-hybridized carbons (Fsp3) is 0.333. The number of hydrogen-bond acceptors (Lipinski definition) is 2. The second-order valence-electron chi connectivity index (χ2n) is 3.09. The molecule has 0 aliphatic heterocycles. The van der Waals surface area contributed by atoms with Gasteiger partial charge in [0.1, 0.15) is 6.04 Å². The van der Waals surface area contributed by atoms with Crippen LogP contribution >= 0.6 is 0 Å². The summed E-state index contributed by atoms with van der Waals surface area (Å²) in [5.74, 6) is -1.93. The summed E-state index contributed by atoms with van der Waals surface area (Å²) in [6.45, 7) is 4.00. The molecule has 0 aliphatic rings. The summed E-state index contributed by atoms with van der Waals surface area (Å²) in [6.07, 6.45) is 0.221. The van der Waals surface area contributed by atoms with Gasteiger partial charge >= 0.3 is 5.97 Å². The molecule has 0 bridgehead atoms. The van der Waals surface area contributed by atoms with Crippen LogP contribution in [0.4, 0.5) is 4.79 Å². The maximum absolute atomic E-state index is 10.8. The molecule has 1 rings (SSSR count). The third kappa shape index (κ3) is 6.40. The number of carboxylic acid groups (broad SMARTS) is 1. The van der Waals surface area contributed by atoms with E-state index in [1.165, 1.54) is 0 Å². The monoisotopic (exact) mass is 233 g/mol. The highest BCUT2D eigenvalue weighted by Gasteiger charge is 2.17. The molecule has 0 aliphatic carbocycles. The molecule has 0 aromatic heterocycles. The Balaban J connectivity index is 0.00000121. The SMILES string of the molecule is CC.[B]C(=O)NC(Cc1ccccc1)C(=O)O. The number of benzene rings is 1. The highest BCUT2D eigenvalue weighted by molar-refractivity contribution is 6.57. The minimum absolute atomic E-state index is 0.221. The summed E-state index contributed by atoms with van der Waals surface area (Å²) >= 11 is 0. The lowest BCUT2D eigenvalue weighted by molar-refractivity contribution is -0.139. The van der Waals surface area contributed by atoms with Crippen molar-refractivity contribution in [3.8, 4) is 0 Å². The first kappa shape index (κ1) is 15.2. The molecule has 0 spiro atoms. The topological polar surface area (TPSA) is 66.4 Å². The van der Waals surface area contributed by atoms with Crippen LogP contribution in [-0.2, 0) is 11.2 Å². The zero-order valence-electron chi connectivity index (χ0n) is 10.0. The lowest BCUT2D eigenvalue weighted by Gasteiger charge is -2.13. The number of nitrogens with one attached hydrogen (secondary N) is 1. The maximum Gasteiger partial charge on any atom is 0.326 e. The van der Waals surface area contributed by atoms with E-state index >= 15 is 0 Å². The van der Waals surface area contributed by atoms with E-state index in [0.717, 1.165) is 5.56 Å². The van der Waals surface area contributed by atoms with Gasteiger partial charge in [0.05, 0.1) is 0 Å². The Morgan fingerprint density at radius 1 is 1.29 bits per heavy atom. The number of carbonyl (C=O) groups excluding carboxylic acids is 1. The van der Waals surface area contributed by atoms with Crippen molar-refractivity contribution < 1.29 is 14.7 Å². The summed E-state index contributed by atoms with van der Waals surface area (Å²) in [6, 6.07) is 8.04. The van der Waals surface area contributed by atoms with Crippen molar-refractivity contribution in [1.29, 1.82) is 0 Å². The fourth-order valence-electron chi connectivity index (χ4n) is 1.22. The van der Waals surface area contributed by atoms with E-state index < -0.39 is 17.8 Å². The van der Waals surface area contributed by atoms with Gasteiger partial charge in [0, 0.05) is 6.42 Å². The Hall–Kier alpha value is -1.78. The molecular weight excluding hydrogens is 217 g/mol. The maximum atomic E-state index is 10.8. The Bertz CT molecular complexity index is 354. The molecule has 0 saturated heterocycles. The van der Waals surface area contributed by atoms with E-state index in [0.29, 0.717) is 0 Å². The number of amides is 1. The third-order valence-electron chi connectivity index (χ3n) is 1.90. The zero-order chi connectivity index (χ0) is 13.3. The Morgan fingerprint density at radius 2 is 1.82 bits per heavy atom. The first-order chi connectivity index (χ1) is 8.09. The first-order valence-corrected chi connectivity index (χ1v) is 5.42. The van der Waals surface area contributed by atoms with Crippen LogP contribution in [0.25, 0.3) is 0 Å². The van der Waals surface area contributed by atoms with Crippen molar-refractivity contribution in [2.45, 2.75) is 26.3 Å². The molecule has 2 radical (unpaired) electrons. The molecule has 0 heterocycles. The van der Waals surface area contributed by atoms with Gasteiger partial charge in [-0.1, -0.05) is 44.2 Å². The molecule has 1 aromatic rings. The van der Waals surface area contributed by atoms with Crippen LogP contribution < -0.4 is 5.32 Å². The Labute approximate surface area is 102 Å². The highest BCUT2D eigenvalue weighted by Crippen LogP contribution is 2.03. The van der Waals surface area contributed by atoms with Crippen molar-refractivity contribution in [2.24, 2.45) is 0 Å². The summed E-state index contributed by atoms with van der Waals surface area (Å²) in [5.41, 5.74) is 0.832. The molecule has 0 fully saturated rings. The van der Waals surface area contributed by atoms with E-state index in [2.05, 4.69) is 5.32 Å². The summed E-state index contributed by atoms with van der Waals surface area (Å²) < 4.78 is 0. The van der Waals surface area contributed by atoms with Crippen LogP contribution in [0.3, 0.4) is 0 Å². The van der Waals surface area contributed by atoms with E-state index in [9.17, 15) is 9.59 Å². The lowest BCUT2D eigenvalue weighted by Crippen LogP contribution is -2.41. The largest absolute Gasteiger partial charge is 0.480 e. The van der Waals surface area contributed by atoms with Crippen LogP contribution in [0.15, 0.2) is 30.3 Å². The quantitative estimate of drug-likeness (QED) is 0.776. The van der Waals surface area contributed by atoms with Gasteiger partial charge in [-0.2, -0.15) is 0 Å². The lowest BCUT2D eigenvalue weighted by atomic mass is 10.0. The van der Waals surface area contributed by atoms with Crippen molar-refractivity contribution >= 4 is 19.6 Å². The first-order valence-electron chi connectivity index (χ1n) is 5.42. The summed E-state index contributed by atoms with van der Waals surface area (Å²) in [7, 11) is 4.87. The average molecular weight is 233 g/mol. The van der Waals surface area contributed by atoms with Crippen LogP contribution in [0, 0.1) is 0 Å². The highest BCUT2D eigenvalue weighted by atomic mass is 16.4. The minimum Gasteiger partial charge on any atom is -0.480 e. The molecule has 1 atom stereocenters. The number of carbonyl (C=O) groups is 2. The normalized spacial score (nSPS) is 10.7. The van der Waals surface area contributed by atoms with Gasteiger partial charge in [-0.25, -0.2) is 4.79 Å². The Morgan fingerprint density at radius 3 is 2.24 bits per heavy atom. The van der Waals surface area contributed by atoms with E-state index in [-0.39, 0.29) is 6.42 Å². The van der Waals surface area contributed by atoms with Crippen LogP contribution in [0.2, 0.25) is 0 Å². The molecule has 17 heavy (non-hydrogen) atoms. The van der Waals surface area contributed by atoms with Crippen LogP contribution in [0.1, 0.15) is 19.4 Å². The number of hydrogen-bond donors (Lipinski definition) is 2. The Kier molecular flexibility index (Phi) is 7.51. The van der Waals surface area contributed by atoms with Crippen molar-refractivity contribution in [2.75, 3.05) is 0 Å². The van der Waals surface area contributed by atoms with Crippen molar-refractivity contribution in [3.05, 3.63) is 35.9 Å². The number of carboxylic acids is 1. The molecule has 90 valence electrons. The van der Waals surface area contributed by atoms with Gasteiger partial charge in [-0.15, -0.1) is 0 Å². The summed E-state index contributed by atoms with van der Waals surface area (Å²) in [4.78, 5) is 21.3. The second-order valence-corrected chi connectivity index (χ2v) is 3.09. The molecule has 1 aromatic carbocycles. The van der Waals surface area contributed by atoms with E-state index in [1.807, 2.05) is 19.9 Å². The van der Waals surface area contributed by atoms with Gasteiger partial charge in [-0.05, 0) is 5.56 Å². The van der Waals surface area contributed by atoms with Crippen molar-refractivity contribution in [1.82, 2.24) is 5.32 Å². The zero-order valence-corrected chi connectivity index (χ0v) is 10.0. The third-order valence-corrected chi connectivity index (χ3v) is 1.90. The van der Waals surface area contributed by atoms with Crippen molar-refractivity contribution in [3.63, 3.8) is 0 Å². The molecule has 2 N–H and O–H groups in total. The molecule has 1 unspecified atom stereocenters. The average Bonchev–Trinajstić information content (AvgIpc) is 2.31. The fourth-order valence-corrected chi connectivity index (χ4v) is 1.22. The van der Waals surface area contributed by atoms with Gasteiger partial charge < -0.3 is 10.4 Å². The predicted molar refractivity (Wildman–Crippen MR) is 67.2 cm³/mol. The molecule has 4 nitrogen and oxygen atoms in total. The summed E-state index contributed by atoms with van der Waals surface area (Å²) in [5, 5.41) is 11.0. The standard InChI is InChI=1S/C10H10BNO3.C2H6/c11-10(15)12-8(9(13)14)6-7-4-2-1-3-5-7;1-2/h1-5,8H,6H2,(H,12,15)(H,13,14);1-2H3. The van der Waals surface area contributed by atoms with E-state index in [4.69, 9.17) is 13.0 Å². The van der Waals surface area contributed by atoms with E-state index in [1.54, 1.807) is 24.3 Å². The number of rotatable bonds is 4. The number of aliphatic carboxylic acids is 1. The van der Waals surface area contributed by atoms with Crippen LogP contribution in [0.5, 0.6) is 0 Å². The molecule has 1 amide bonds. The minimum atomic E-state index is -1.10. The molecule has 5 heteroatoms. The van der Waals surface area contributed by atoms with Crippen LogP contribution in [-0.4, -0.2) is 30.8 Å². The molecular formula is C12H16BNO3.